The predicted octanol–water partition coefficient (Wildman–Crippen LogP) is 3.92. The van der Waals surface area contributed by atoms with Gasteiger partial charge in [-0.15, -0.1) is 0 Å². The van der Waals surface area contributed by atoms with E-state index >= 15 is 0 Å². The van der Waals surface area contributed by atoms with Gasteiger partial charge in [0.15, 0.2) is 0 Å². The molecule has 1 N–H and O–H groups in total. The molecule has 1 saturated carbocycles. The minimum absolute atomic E-state index is 0.315. The molecule has 0 aliphatic heterocycles. The fraction of sp³-hybridized carbons (Fsp3) is 1.00. The molecular formula is C16H31F3N2. The minimum atomic E-state index is -4.10. The third kappa shape index (κ3) is 6.55. The summed E-state index contributed by atoms with van der Waals surface area (Å²) in [6, 6.07) is 0.348. The molecule has 0 radical (unpaired) electrons. The summed E-state index contributed by atoms with van der Waals surface area (Å²) in [5.74, 6) is 1.45. The molecule has 0 bridgehead atoms. The molecule has 1 aliphatic rings. The van der Waals surface area contributed by atoms with E-state index in [-0.39, 0.29) is 0 Å². The van der Waals surface area contributed by atoms with E-state index in [0.29, 0.717) is 36.9 Å². The van der Waals surface area contributed by atoms with Crippen LogP contribution in [-0.4, -0.2) is 43.3 Å². The van der Waals surface area contributed by atoms with E-state index < -0.39 is 12.7 Å². The molecule has 0 spiro atoms. The Bertz CT molecular complexity index is 294. The lowest BCUT2D eigenvalue weighted by molar-refractivity contribution is -0.148. The Morgan fingerprint density at radius 2 is 1.81 bits per heavy atom. The van der Waals surface area contributed by atoms with Crippen LogP contribution in [0.1, 0.15) is 47.0 Å². The van der Waals surface area contributed by atoms with Gasteiger partial charge in [-0.25, -0.2) is 0 Å². The van der Waals surface area contributed by atoms with E-state index in [9.17, 15) is 13.2 Å². The van der Waals surface area contributed by atoms with E-state index in [4.69, 9.17) is 0 Å². The van der Waals surface area contributed by atoms with Gasteiger partial charge in [0.1, 0.15) is 0 Å². The average molecular weight is 308 g/mol. The van der Waals surface area contributed by atoms with Crippen LogP contribution in [0.5, 0.6) is 0 Å². The molecule has 4 unspecified atom stereocenters. The Labute approximate surface area is 127 Å². The molecule has 2 nitrogen and oxygen atoms in total. The van der Waals surface area contributed by atoms with Crippen LogP contribution >= 0.6 is 0 Å². The summed E-state index contributed by atoms with van der Waals surface area (Å²) < 4.78 is 38.2. The molecular weight excluding hydrogens is 277 g/mol. The van der Waals surface area contributed by atoms with E-state index in [2.05, 4.69) is 26.1 Å². The van der Waals surface area contributed by atoms with Crippen molar-refractivity contribution >= 4 is 0 Å². The maximum Gasteiger partial charge on any atom is 0.401 e. The first-order valence-corrected chi connectivity index (χ1v) is 8.29. The van der Waals surface area contributed by atoms with Gasteiger partial charge in [0.25, 0.3) is 0 Å². The maximum atomic E-state index is 12.7. The summed E-state index contributed by atoms with van der Waals surface area (Å²) in [5.41, 5.74) is 0. The van der Waals surface area contributed by atoms with Crippen molar-refractivity contribution in [3.05, 3.63) is 0 Å². The quantitative estimate of drug-likeness (QED) is 0.767. The molecule has 0 aromatic rings. The van der Waals surface area contributed by atoms with Crippen molar-refractivity contribution in [3.63, 3.8) is 0 Å². The van der Waals surface area contributed by atoms with Crippen LogP contribution in [0, 0.1) is 17.8 Å². The normalized spacial score (nSPS) is 30.9. The Kier molecular flexibility index (Phi) is 7.48. The zero-order valence-electron chi connectivity index (χ0n) is 13.8. The van der Waals surface area contributed by atoms with Gasteiger partial charge in [-0.05, 0) is 50.1 Å². The number of alkyl halides is 3. The lowest BCUT2D eigenvalue weighted by Crippen LogP contribution is -2.50. The fourth-order valence-corrected chi connectivity index (χ4v) is 3.82. The van der Waals surface area contributed by atoms with Crippen LogP contribution in [0.25, 0.3) is 0 Å². The Morgan fingerprint density at radius 3 is 2.33 bits per heavy atom. The molecule has 1 aliphatic carbocycles. The molecule has 5 heteroatoms. The zero-order chi connectivity index (χ0) is 16.0. The number of hydrogen-bond acceptors (Lipinski definition) is 2. The molecule has 0 aromatic heterocycles. The standard InChI is InChI=1S/C16H31F3N2/c1-5-7-21(11-16(17,18)19)10-14-13(4)8-12(3)9-15(14)20-6-2/h12-15,20H,5-11H2,1-4H3. The van der Waals surface area contributed by atoms with Crippen molar-refractivity contribution in [2.24, 2.45) is 17.8 Å². The van der Waals surface area contributed by atoms with Crippen molar-refractivity contribution in [2.75, 3.05) is 26.2 Å². The summed E-state index contributed by atoms with van der Waals surface area (Å²) in [7, 11) is 0. The van der Waals surface area contributed by atoms with Crippen LogP contribution in [0.4, 0.5) is 13.2 Å². The first-order chi connectivity index (χ1) is 9.76. The highest BCUT2D eigenvalue weighted by Crippen LogP contribution is 2.34. The highest BCUT2D eigenvalue weighted by atomic mass is 19.4. The predicted molar refractivity (Wildman–Crippen MR) is 81.3 cm³/mol. The van der Waals surface area contributed by atoms with Gasteiger partial charge in [0.05, 0.1) is 6.54 Å². The van der Waals surface area contributed by atoms with E-state index in [1.54, 1.807) is 4.90 Å². The van der Waals surface area contributed by atoms with Gasteiger partial charge in [0, 0.05) is 12.6 Å². The largest absolute Gasteiger partial charge is 0.401 e. The Morgan fingerprint density at radius 1 is 1.14 bits per heavy atom. The van der Waals surface area contributed by atoms with Crippen molar-refractivity contribution in [1.82, 2.24) is 10.2 Å². The van der Waals surface area contributed by atoms with Crippen molar-refractivity contribution in [2.45, 2.75) is 59.2 Å². The molecule has 126 valence electrons. The van der Waals surface area contributed by atoms with Crippen molar-refractivity contribution < 1.29 is 13.2 Å². The zero-order valence-corrected chi connectivity index (χ0v) is 13.8. The molecule has 0 heterocycles. The molecule has 0 amide bonds. The second-order valence-corrected chi connectivity index (χ2v) is 6.73. The van der Waals surface area contributed by atoms with Crippen LogP contribution in [0.3, 0.4) is 0 Å². The van der Waals surface area contributed by atoms with Gasteiger partial charge in [0.2, 0.25) is 0 Å². The molecule has 21 heavy (non-hydrogen) atoms. The topological polar surface area (TPSA) is 15.3 Å². The summed E-state index contributed by atoms with van der Waals surface area (Å²) >= 11 is 0. The Balaban J connectivity index is 2.72. The maximum absolute atomic E-state index is 12.7. The molecule has 0 saturated heterocycles. The summed E-state index contributed by atoms with van der Waals surface area (Å²) in [6.07, 6.45) is -1.14. The van der Waals surface area contributed by atoms with Gasteiger partial charge in [-0.2, -0.15) is 13.2 Å². The van der Waals surface area contributed by atoms with Crippen LogP contribution in [0.2, 0.25) is 0 Å². The Hall–Kier alpha value is -0.290. The average Bonchev–Trinajstić information content (AvgIpc) is 2.32. The summed E-state index contributed by atoms with van der Waals surface area (Å²) in [6.45, 7) is 9.64. The van der Waals surface area contributed by atoms with E-state index in [1.165, 1.54) is 0 Å². The monoisotopic (exact) mass is 308 g/mol. The molecule has 0 aromatic carbocycles. The first-order valence-electron chi connectivity index (χ1n) is 8.29. The smallest absolute Gasteiger partial charge is 0.314 e. The second kappa shape index (κ2) is 8.37. The minimum Gasteiger partial charge on any atom is -0.314 e. The van der Waals surface area contributed by atoms with Crippen molar-refractivity contribution in [3.8, 4) is 0 Å². The van der Waals surface area contributed by atoms with Gasteiger partial charge < -0.3 is 5.32 Å². The van der Waals surface area contributed by atoms with Crippen LogP contribution in [-0.2, 0) is 0 Å². The van der Waals surface area contributed by atoms with Crippen molar-refractivity contribution in [1.29, 1.82) is 0 Å². The second-order valence-electron chi connectivity index (χ2n) is 6.73. The van der Waals surface area contributed by atoms with Crippen LogP contribution < -0.4 is 5.32 Å². The molecule has 1 fully saturated rings. The lowest BCUT2D eigenvalue weighted by atomic mass is 9.72. The number of rotatable bonds is 7. The highest BCUT2D eigenvalue weighted by Gasteiger charge is 2.37. The van der Waals surface area contributed by atoms with Gasteiger partial charge in [-0.1, -0.05) is 27.7 Å². The SMILES string of the molecule is CCCN(CC1C(C)CC(C)CC1NCC)CC(F)(F)F. The fourth-order valence-electron chi connectivity index (χ4n) is 3.82. The lowest BCUT2D eigenvalue weighted by Gasteiger charge is -2.42. The number of nitrogens with one attached hydrogen (secondary N) is 1. The number of nitrogens with zero attached hydrogens (tertiary/aromatic N) is 1. The van der Waals surface area contributed by atoms with E-state index in [1.807, 2.05) is 6.92 Å². The number of halogens is 3. The molecule has 1 rings (SSSR count). The summed E-state index contributed by atoms with van der Waals surface area (Å²) in [5, 5.41) is 3.50. The van der Waals surface area contributed by atoms with Gasteiger partial charge in [-0.3, -0.25) is 4.90 Å². The number of hydrogen-bond donors (Lipinski definition) is 1. The first kappa shape index (κ1) is 18.8. The molecule has 4 atom stereocenters. The van der Waals surface area contributed by atoms with Crippen LogP contribution in [0.15, 0.2) is 0 Å². The van der Waals surface area contributed by atoms with Gasteiger partial charge >= 0.3 is 6.18 Å². The third-order valence-electron chi connectivity index (χ3n) is 4.56. The third-order valence-corrected chi connectivity index (χ3v) is 4.56. The summed E-state index contributed by atoms with van der Waals surface area (Å²) in [4.78, 5) is 1.60. The van der Waals surface area contributed by atoms with E-state index in [0.717, 1.165) is 25.8 Å². The highest BCUT2D eigenvalue weighted by molar-refractivity contribution is 4.89.